The van der Waals surface area contributed by atoms with E-state index in [1.807, 2.05) is 6.92 Å². The maximum Gasteiger partial charge on any atom is 0.277 e. The molecule has 2 heterocycles. The molecule has 6 nitrogen and oxygen atoms in total. The minimum atomic E-state index is -0.304. The summed E-state index contributed by atoms with van der Waals surface area (Å²) in [5.41, 5.74) is 0.272. The van der Waals surface area contributed by atoms with Crippen LogP contribution in [0.3, 0.4) is 0 Å². The third-order valence-corrected chi connectivity index (χ3v) is 3.09. The van der Waals surface area contributed by atoms with Crippen LogP contribution >= 0.6 is 11.3 Å². The molecule has 2 N–H and O–H groups in total. The summed E-state index contributed by atoms with van der Waals surface area (Å²) in [5.74, 6) is 0.298. The number of nitrogens with one attached hydrogen (secondary N) is 2. The molecule has 2 rings (SSSR count). The minimum absolute atomic E-state index is 0.272. The Morgan fingerprint density at radius 3 is 2.89 bits per heavy atom. The van der Waals surface area contributed by atoms with Crippen LogP contribution in [0.4, 0.5) is 10.9 Å². The molecule has 7 heteroatoms. The fraction of sp³-hybridized carbons (Fsp3) is 0.333. The summed E-state index contributed by atoms with van der Waals surface area (Å²) in [5, 5.41) is 6.36. The predicted octanol–water partition coefficient (Wildman–Crippen LogP) is 2.32. The maximum absolute atomic E-state index is 12.0. The van der Waals surface area contributed by atoms with Crippen molar-refractivity contribution in [2.24, 2.45) is 0 Å². The summed E-state index contributed by atoms with van der Waals surface area (Å²) in [6.07, 6.45) is 5.73. The summed E-state index contributed by atoms with van der Waals surface area (Å²) in [4.78, 5) is 25.3. The monoisotopic (exact) mass is 277 g/mol. The summed E-state index contributed by atoms with van der Waals surface area (Å²) in [6, 6.07) is 0. The second-order valence-electron chi connectivity index (χ2n) is 3.95. The predicted molar refractivity (Wildman–Crippen MR) is 75.6 cm³/mol. The first-order valence-corrected chi connectivity index (χ1v) is 6.80. The highest BCUT2D eigenvalue weighted by atomic mass is 32.1. The van der Waals surface area contributed by atoms with Crippen molar-refractivity contribution >= 4 is 28.2 Å². The number of hydrogen-bond acceptors (Lipinski definition) is 6. The average molecular weight is 277 g/mol. The molecule has 0 spiro atoms. The molecule has 0 saturated carbocycles. The Morgan fingerprint density at radius 2 is 2.21 bits per heavy atom. The van der Waals surface area contributed by atoms with Gasteiger partial charge in [0.25, 0.3) is 5.91 Å². The van der Waals surface area contributed by atoms with Crippen molar-refractivity contribution in [3.8, 4) is 0 Å². The first-order valence-electron chi connectivity index (χ1n) is 5.98. The zero-order chi connectivity index (χ0) is 13.7. The van der Waals surface area contributed by atoms with E-state index in [9.17, 15) is 4.79 Å². The number of carbonyl (C=O) groups excluding carboxylic acids is 1. The molecular formula is C12H15N5OS. The summed E-state index contributed by atoms with van der Waals surface area (Å²) < 4.78 is 0. The van der Waals surface area contributed by atoms with E-state index in [0.29, 0.717) is 10.9 Å². The molecule has 1 amide bonds. The molecule has 2 aromatic heterocycles. The Bertz CT molecular complexity index is 569. The third kappa shape index (κ3) is 3.72. The molecule has 0 aliphatic rings. The van der Waals surface area contributed by atoms with Gasteiger partial charge in [-0.05, 0) is 13.3 Å². The molecular weight excluding hydrogens is 262 g/mol. The van der Waals surface area contributed by atoms with Gasteiger partial charge in [0.2, 0.25) is 0 Å². The van der Waals surface area contributed by atoms with Gasteiger partial charge in [0.05, 0.1) is 12.4 Å². The van der Waals surface area contributed by atoms with E-state index < -0.39 is 0 Å². The molecule has 0 bridgehead atoms. The second-order valence-corrected chi connectivity index (χ2v) is 5.18. The molecule has 0 unspecified atom stereocenters. The maximum atomic E-state index is 12.0. The number of aromatic nitrogens is 3. The minimum Gasteiger partial charge on any atom is -0.369 e. The van der Waals surface area contributed by atoms with Crippen molar-refractivity contribution in [1.82, 2.24) is 15.0 Å². The van der Waals surface area contributed by atoms with Crippen molar-refractivity contribution in [2.45, 2.75) is 20.3 Å². The average Bonchev–Trinajstić information content (AvgIpc) is 2.82. The quantitative estimate of drug-likeness (QED) is 0.876. The van der Waals surface area contributed by atoms with Crippen LogP contribution in [-0.2, 0) is 0 Å². The number of carbonyl (C=O) groups is 1. The van der Waals surface area contributed by atoms with Crippen LogP contribution in [0.1, 0.15) is 28.7 Å². The topological polar surface area (TPSA) is 79.8 Å². The lowest BCUT2D eigenvalue weighted by Crippen LogP contribution is -2.15. The standard InChI is InChI=1S/C12H15N5OS/c1-3-4-14-10-7-13-6-9(16-10)11(18)17-12-15-5-8(2)19-12/h5-7H,3-4H2,1-2H3,(H,14,16)(H,15,17,18). The van der Waals surface area contributed by atoms with E-state index in [1.165, 1.54) is 17.5 Å². The first kappa shape index (κ1) is 13.4. The van der Waals surface area contributed by atoms with E-state index in [-0.39, 0.29) is 11.6 Å². The fourth-order valence-electron chi connectivity index (χ4n) is 1.39. The Morgan fingerprint density at radius 1 is 1.37 bits per heavy atom. The second kappa shape index (κ2) is 6.24. The van der Waals surface area contributed by atoms with E-state index >= 15 is 0 Å². The highest BCUT2D eigenvalue weighted by Gasteiger charge is 2.10. The van der Waals surface area contributed by atoms with E-state index in [0.717, 1.165) is 17.8 Å². The van der Waals surface area contributed by atoms with Gasteiger partial charge >= 0.3 is 0 Å². The van der Waals surface area contributed by atoms with E-state index in [2.05, 4.69) is 32.5 Å². The summed E-state index contributed by atoms with van der Waals surface area (Å²) in [7, 11) is 0. The largest absolute Gasteiger partial charge is 0.369 e. The number of amides is 1. The Kier molecular flexibility index (Phi) is 4.40. The first-order chi connectivity index (χ1) is 9.19. The molecule has 0 radical (unpaired) electrons. The Labute approximate surface area is 115 Å². The highest BCUT2D eigenvalue weighted by Crippen LogP contribution is 2.17. The van der Waals surface area contributed by atoms with Crippen LogP contribution < -0.4 is 10.6 Å². The van der Waals surface area contributed by atoms with Crippen LogP contribution in [0.2, 0.25) is 0 Å². The lowest BCUT2D eigenvalue weighted by molar-refractivity contribution is 0.102. The number of aryl methyl sites for hydroxylation is 1. The van der Waals surface area contributed by atoms with Gasteiger partial charge in [0.1, 0.15) is 11.5 Å². The molecule has 19 heavy (non-hydrogen) atoms. The van der Waals surface area contributed by atoms with Gasteiger partial charge in [0.15, 0.2) is 5.13 Å². The number of nitrogens with zero attached hydrogens (tertiary/aromatic N) is 3. The van der Waals surface area contributed by atoms with Crippen LogP contribution in [0, 0.1) is 6.92 Å². The van der Waals surface area contributed by atoms with Crippen molar-refractivity contribution in [2.75, 3.05) is 17.2 Å². The van der Waals surface area contributed by atoms with Gasteiger partial charge in [-0.2, -0.15) is 0 Å². The number of thiazole rings is 1. The lowest BCUT2D eigenvalue weighted by atomic mass is 10.4. The number of anilines is 2. The molecule has 0 saturated heterocycles. The molecule has 2 aromatic rings. The van der Waals surface area contributed by atoms with Crippen LogP contribution in [-0.4, -0.2) is 27.4 Å². The Balaban J connectivity index is 2.06. The molecule has 0 aliphatic heterocycles. The number of rotatable bonds is 5. The van der Waals surface area contributed by atoms with Crippen molar-refractivity contribution in [3.05, 3.63) is 29.2 Å². The molecule has 0 fully saturated rings. The summed E-state index contributed by atoms with van der Waals surface area (Å²) >= 11 is 1.42. The van der Waals surface area contributed by atoms with E-state index in [4.69, 9.17) is 0 Å². The molecule has 0 aromatic carbocycles. The SMILES string of the molecule is CCCNc1cncc(C(=O)Nc2ncc(C)s2)n1. The smallest absolute Gasteiger partial charge is 0.277 e. The number of hydrogen-bond donors (Lipinski definition) is 2. The van der Waals surface area contributed by atoms with Crippen LogP contribution in [0.15, 0.2) is 18.6 Å². The van der Waals surface area contributed by atoms with Crippen molar-refractivity contribution < 1.29 is 4.79 Å². The summed E-state index contributed by atoms with van der Waals surface area (Å²) in [6.45, 7) is 4.79. The zero-order valence-corrected chi connectivity index (χ0v) is 11.6. The van der Waals surface area contributed by atoms with Gasteiger partial charge in [-0.15, -0.1) is 11.3 Å². The van der Waals surface area contributed by atoms with Crippen LogP contribution in [0.5, 0.6) is 0 Å². The van der Waals surface area contributed by atoms with Crippen molar-refractivity contribution in [1.29, 1.82) is 0 Å². The highest BCUT2D eigenvalue weighted by molar-refractivity contribution is 7.15. The lowest BCUT2D eigenvalue weighted by Gasteiger charge is -2.05. The van der Waals surface area contributed by atoms with Gasteiger partial charge in [-0.1, -0.05) is 6.92 Å². The zero-order valence-electron chi connectivity index (χ0n) is 10.8. The normalized spacial score (nSPS) is 10.2. The Hall–Kier alpha value is -2.02. The van der Waals surface area contributed by atoms with Gasteiger partial charge in [0, 0.05) is 17.6 Å². The molecule has 0 aliphatic carbocycles. The van der Waals surface area contributed by atoms with Crippen molar-refractivity contribution in [3.63, 3.8) is 0 Å². The van der Waals surface area contributed by atoms with Gasteiger partial charge in [-0.3, -0.25) is 15.1 Å². The van der Waals surface area contributed by atoms with Gasteiger partial charge in [-0.25, -0.2) is 9.97 Å². The van der Waals surface area contributed by atoms with Crippen LogP contribution in [0.25, 0.3) is 0 Å². The van der Waals surface area contributed by atoms with Gasteiger partial charge < -0.3 is 5.32 Å². The van der Waals surface area contributed by atoms with E-state index in [1.54, 1.807) is 12.4 Å². The third-order valence-electron chi connectivity index (χ3n) is 2.27. The molecule has 100 valence electrons. The fourth-order valence-corrected chi connectivity index (χ4v) is 2.05. The molecule has 0 atom stereocenters.